The van der Waals surface area contributed by atoms with Gasteiger partial charge in [0.15, 0.2) is 5.58 Å². The molecule has 0 bridgehead atoms. The second kappa shape index (κ2) is 7.05. The number of anilines is 1. The number of aryl methyl sites for hydroxylation is 1. The lowest BCUT2D eigenvalue weighted by atomic mass is 10.2. The van der Waals surface area contributed by atoms with E-state index < -0.39 is 16.0 Å². The van der Waals surface area contributed by atoms with E-state index in [1.54, 1.807) is 12.1 Å². The number of pyridine rings is 1. The van der Waals surface area contributed by atoms with Gasteiger partial charge in [-0.25, -0.2) is 17.4 Å². The Morgan fingerprint density at radius 1 is 1.17 bits per heavy atom. The number of nitrogen functional groups attached to an aromatic ring is 1. The summed E-state index contributed by atoms with van der Waals surface area (Å²) in [5.41, 5.74) is 7.37. The number of hydrogen-bond acceptors (Lipinski definition) is 7. The molecule has 0 aliphatic carbocycles. The third-order valence-corrected chi connectivity index (χ3v) is 6.36. The number of nitrogens with zero attached hydrogens (tertiary/aromatic N) is 3. The van der Waals surface area contributed by atoms with Crippen molar-refractivity contribution in [3.63, 3.8) is 0 Å². The molecule has 0 saturated carbocycles. The van der Waals surface area contributed by atoms with E-state index in [1.807, 2.05) is 0 Å². The Morgan fingerprint density at radius 3 is 2.72 bits per heavy atom. The first-order chi connectivity index (χ1) is 13.8. The molecule has 0 unspecified atom stereocenters. The molecule has 1 aromatic carbocycles. The van der Waals surface area contributed by atoms with Crippen molar-refractivity contribution in [1.82, 2.24) is 13.9 Å². The Kier molecular flexibility index (Phi) is 4.67. The number of carboxylic acid groups (broad SMARTS) is 1. The summed E-state index contributed by atoms with van der Waals surface area (Å²) in [7, 11) is -4.04. The average Bonchev–Trinajstić information content (AvgIpc) is 3.19. The zero-order chi connectivity index (χ0) is 20.8. The Bertz CT molecular complexity index is 1360. The highest BCUT2D eigenvalue weighted by Gasteiger charge is 2.25. The van der Waals surface area contributed by atoms with Crippen LogP contribution in [0.5, 0.6) is 0 Å². The molecule has 9 nitrogen and oxygen atoms in total. The summed E-state index contributed by atoms with van der Waals surface area (Å²) in [6, 6.07) is 8.87. The predicted octanol–water partition coefficient (Wildman–Crippen LogP) is 3.06. The number of carbonyl (C=O) groups is 1. The summed E-state index contributed by atoms with van der Waals surface area (Å²) in [6.07, 6.45) is 0.419. The minimum atomic E-state index is -4.04. The average molecular weight is 435 g/mol. The van der Waals surface area contributed by atoms with Crippen LogP contribution in [-0.2, 0) is 21.2 Å². The van der Waals surface area contributed by atoms with Gasteiger partial charge >= 0.3 is 5.97 Å². The van der Waals surface area contributed by atoms with Crippen LogP contribution in [0.15, 0.2) is 45.7 Å². The molecule has 0 aliphatic heterocycles. The van der Waals surface area contributed by atoms with E-state index in [0.717, 1.165) is 3.97 Å². The fourth-order valence-electron chi connectivity index (χ4n) is 3.16. The third kappa shape index (κ3) is 3.52. The summed E-state index contributed by atoms with van der Waals surface area (Å²) in [6.45, 7) is 0. The van der Waals surface area contributed by atoms with Crippen LogP contribution in [0.25, 0.3) is 22.1 Å². The molecule has 0 amide bonds. The Labute approximate surface area is 169 Å². The van der Waals surface area contributed by atoms with E-state index in [2.05, 4.69) is 9.97 Å². The Morgan fingerprint density at radius 2 is 1.97 bits per heavy atom. The molecule has 3 aromatic heterocycles. The maximum Gasteiger partial charge on any atom is 0.303 e. The van der Waals surface area contributed by atoms with Crippen molar-refractivity contribution in [1.29, 1.82) is 0 Å². The van der Waals surface area contributed by atoms with Crippen molar-refractivity contribution in [2.75, 3.05) is 5.73 Å². The van der Waals surface area contributed by atoms with Crippen LogP contribution in [-0.4, -0.2) is 33.4 Å². The van der Waals surface area contributed by atoms with Crippen LogP contribution in [0, 0.1) is 0 Å². The summed E-state index contributed by atoms with van der Waals surface area (Å²) < 4.78 is 33.3. The van der Waals surface area contributed by atoms with Crippen LogP contribution in [0.2, 0.25) is 5.15 Å². The number of oxazole rings is 1. The van der Waals surface area contributed by atoms with Crippen molar-refractivity contribution in [3.8, 4) is 0 Å². The molecule has 4 rings (SSSR count). The van der Waals surface area contributed by atoms with E-state index in [1.165, 1.54) is 24.3 Å². The molecular formula is C18H15ClN4O5S. The quantitative estimate of drug-likeness (QED) is 0.441. The lowest BCUT2D eigenvalue weighted by molar-refractivity contribution is -0.137. The van der Waals surface area contributed by atoms with Gasteiger partial charge in [-0.1, -0.05) is 11.6 Å². The van der Waals surface area contributed by atoms with Gasteiger partial charge in [-0.2, -0.15) is 4.98 Å². The number of hydrogen-bond donors (Lipinski definition) is 2. The highest BCUT2D eigenvalue weighted by Crippen LogP contribution is 2.29. The standard InChI is InChI=1S/C18H15ClN4O5S/c19-16-7-6-14-13(21-16)8-10(2-1-3-17(24)25)23(14)29(26,27)11-4-5-12-15(9-11)28-18(20)22-12/h4-9H,1-3H2,(H2,20,22)(H,24,25). The zero-order valence-electron chi connectivity index (χ0n) is 14.9. The van der Waals surface area contributed by atoms with E-state index in [9.17, 15) is 13.2 Å². The highest BCUT2D eigenvalue weighted by atomic mass is 35.5. The van der Waals surface area contributed by atoms with Gasteiger partial charge in [0.2, 0.25) is 0 Å². The smallest absolute Gasteiger partial charge is 0.303 e. The molecule has 11 heteroatoms. The molecule has 0 saturated heterocycles. The maximum atomic E-state index is 13.5. The molecule has 4 aromatic rings. The summed E-state index contributed by atoms with van der Waals surface area (Å²) in [5, 5.41) is 9.12. The van der Waals surface area contributed by atoms with Crippen molar-refractivity contribution >= 4 is 55.7 Å². The first-order valence-corrected chi connectivity index (χ1v) is 10.4. The van der Waals surface area contributed by atoms with Gasteiger partial charge in [-0.15, -0.1) is 0 Å². The number of halogens is 1. The Balaban J connectivity index is 1.87. The molecular weight excluding hydrogens is 420 g/mol. The number of carboxylic acids is 1. The first kappa shape index (κ1) is 19.2. The summed E-state index contributed by atoms with van der Waals surface area (Å²) in [4.78, 5) is 19.0. The lowest BCUT2D eigenvalue weighted by Gasteiger charge is -2.12. The van der Waals surface area contributed by atoms with E-state index in [-0.39, 0.29) is 40.9 Å². The van der Waals surface area contributed by atoms with Crippen LogP contribution in [0.3, 0.4) is 0 Å². The lowest BCUT2D eigenvalue weighted by Crippen LogP contribution is -2.16. The zero-order valence-corrected chi connectivity index (χ0v) is 16.4. The van der Waals surface area contributed by atoms with Gasteiger partial charge in [0.1, 0.15) is 10.7 Å². The van der Waals surface area contributed by atoms with Crippen LogP contribution in [0.4, 0.5) is 6.01 Å². The fraction of sp³-hybridized carbons (Fsp3) is 0.167. The molecule has 3 N–H and O–H groups in total. The van der Waals surface area contributed by atoms with Crippen LogP contribution < -0.4 is 5.73 Å². The van der Waals surface area contributed by atoms with Gasteiger partial charge in [0.25, 0.3) is 16.0 Å². The molecule has 0 spiro atoms. The second-order valence-corrected chi connectivity index (χ2v) is 8.55. The molecule has 29 heavy (non-hydrogen) atoms. The van der Waals surface area contributed by atoms with Gasteiger partial charge in [-0.05, 0) is 43.2 Å². The number of rotatable bonds is 6. The highest BCUT2D eigenvalue weighted by molar-refractivity contribution is 7.90. The first-order valence-electron chi connectivity index (χ1n) is 8.56. The minimum Gasteiger partial charge on any atom is -0.481 e. The minimum absolute atomic E-state index is 0.0203. The summed E-state index contributed by atoms with van der Waals surface area (Å²) in [5.74, 6) is -0.954. The molecule has 0 atom stereocenters. The van der Waals surface area contributed by atoms with E-state index >= 15 is 0 Å². The van der Waals surface area contributed by atoms with Gasteiger partial charge in [-0.3, -0.25) is 4.79 Å². The predicted molar refractivity (Wildman–Crippen MR) is 106 cm³/mol. The maximum absolute atomic E-state index is 13.5. The number of benzene rings is 1. The topological polar surface area (TPSA) is 141 Å². The number of aromatic nitrogens is 3. The molecule has 0 fully saturated rings. The number of fused-ring (bicyclic) bond motifs is 2. The Hall–Kier alpha value is -3.11. The van der Waals surface area contributed by atoms with Crippen LogP contribution >= 0.6 is 11.6 Å². The molecule has 3 heterocycles. The monoisotopic (exact) mass is 434 g/mol. The summed E-state index contributed by atoms with van der Waals surface area (Å²) >= 11 is 5.95. The van der Waals surface area contributed by atoms with Gasteiger partial charge < -0.3 is 15.3 Å². The largest absolute Gasteiger partial charge is 0.481 e. The van der Waals surface area contributed by atoms with Crippen molar-refractivity contribution in [3.05, 3.63) is 47.2 Å². The van der Waals surface area contributed by atoms with Gasteiger partial charge in [0, 0.05) is 18.2 Å². The SMILES string of the molecule is Nc1nc2ccc(S(=O)(=O)n3c(CCCC(=O)O)cc4nc(Cl)ccc43)cc2o1. The van der Waals surface area contributed by atoms with E-state index in [4.69, 9.17) is 26.9 Å². The second-order valence-electron chi connectivity index (χ2n) is 6.37. The van der Waals surface area contributed by atoms with Crippen molar-refractivity contribution in [2.45, 2.75) is 24.2 Å². The van der Waals surface area contributed by atoms with Crippen molar-refractivity contribution < 1.29 is 22.7 Å². The van der Waals surface area contributed by atoms with E-state index in [0.29, 0.717) is 22.2 Å². The molecule has 0 radical (unpaired) electrons. The molecule has 0 aliphatic rings. The van der Waals surface area contributed by atoms with Crippen molar-refractivity contribution in [2.24, 2.45) is 0 Å². The molecule has 150 valence electrons. The van der Waals surface area contributed by atoms with Crippen LogP contribution in [0.1, 0.15) is 18.5 Å². The number of aliphatic carboxylic acids is 1. The fourth-order valence-corrected chi connectivity index (χ4v) is 4.89. The normalized spacial score (nSPS) is 12.0. The number of nitrogens with two attached hydrogens (primary N) is 1. The third-order valence-electron chi connectivity index (χ3n) is 4.39. The van der Waals surface area contributed by atoms with Gasteiger partial charge in [0.05, 0.1) is 15.9 Å².